The average Bonchev–Trinajstić information content (AvgIpc) is 4.24. The summed E-state index contributed by atoms with van der Waals surface area (Å²) in [4.78, 5) is 64.7. The minimum Gasteiger partial charge on any atom is -0.467 e. The number of esters is 2. The van der Waals surface area contributed by atoms with Gasteiger partial charge in [0.05, 0.1) is 43.3 Å². The van der Waals surface area contributed by atoms with Crippen LogP contribution in [0.3, 0.4) is 0 Å². The maximum atomic E-state index is 13.3. The quantitative estimate of drug-likeness (QED) is 0.107. The van der Waals surface area contributed by atoms with Crippen molar-refractivity contribution in [3.8, 4) is 22.3 Å². The molecule has 8 aromatic rings. The Morgan fingerprint density at radius 3 is 1.41 bits per heavy atom. The van der Waals surface area contributed by atoms with Crippen molar-refractivity contribution in [3.05, 3.63) is 132 Å². The molecule has 0 saturated carbocycles. The van der Waals surface area contributed by atoms with Gasteiger partial charge in [-0.15, -0.1) is 0 Å². The zero-order valence-corrected chi connectivity index (χ0v) is 42.6. The molecule has 2 aliphatic rings. The van der Waals surface area contributed by atoms with Crippen LogP contribution in [0.25, 0.3) is 33.5 Å². The second kappa shape index (κ2) is 21.7. The Kier molecular flexibility index (Phi) is 14.8. The predicted octanol–water partition coefficient (Wildman–Crippen LogP) is 6.71. The van der Waals surface area contributed by atoms with Crippen LogP contribution in [0.5, 0.6) is 0 Å². The molecule has 2 amide bonds. The number of carbonyl (C=O) groups is 4. The van der Waals surface area contributed by atoms with Crippen molar-refractivity contribution in [1.82, 2.24) is 58.6 Å². The van der Waals surface area contributed by atoms with Crippen LogP contribution >= 0.6 is 0 Å². The Balaban J connectivity index is 0.000000184. The number of amides is 2. The zero-order valence-electron chi connectivity index (χ0n) is 42.6. The molecule has 0 spiro atoms. The van der Waals surface area contributed by atoms with Crippen molar-refractivity contribution in [1.29, 1.82) is 0 Å². The number of anilines is 2. The van der Waals surface area contributed by atoms with Crippen LogP contribution in [0.1, 0.15) is 80.8 Å². The van der Waals surface area contributed by atoms with E-state index in [1.807, 2.05) is 108 Å². The SMILES string of the molecule is COC(=O)[C@@H]1CC[C@H](c2cc(N)n3ncc(-c4cnn(C)c4)c3n2)CN1C(=O)OCc1ccccc1.Cn1cc(-c2cnn3c(N)cc([C@H]4CC[C@@H](C(=O)OC(C)(C)C)N(C(=O)OCc5ccccc5)C4)nc23)cn1. The van der Waals surface area contributed by atoms with E-state index < -0.39 is 41.8 Å². The van der Waals surface area contributed by atoms with Gasteiger partial charge in [0.15, 0.2) is 11.3 Å². The van der Waals surface area contributed by atoms with E-state index in [2.05, 4.69) is 20.4 Å². The van der Waals surface area contributed by atoms with Gasteiger partial charge >= 0.3 is 24.1 Å². The summed E-state index contributed by atoms with van der Waals surface area (Å²) < 4.78 is 28.4. The molecule has 0 aliphatic carbocycles. The molecular formula is C53H60N14O8. The molecule has 4 N–H and O–H groups in total. The number of nitrogens with two attached hydrogens (primary N) is 2. The number of aryl methyl sites for hydroxylation is 2. The molecule has 75 heavy (non-hydrogen) atoms. The van der Waals surface area contributed by atoms with Crippen molar-refractivity contribution in [2.24, 2.45) is 14.1 Å². The number of fused-ring (bicyclic) bond motifs is 2. The van der Waals surface area contributed by atoms with Crippen LogP contribution in [0.4, 0.5) is 21.2 Å². The predicted molar refractivity (Wildman–Crippen MR) is 275 cm³/mol. The Morgan fingerprint density at radius 1 is 0.600 bits per heavy atom. The van der Waals surface area contributed by atoms with Gasteiger partial charge in [0, 0.05) is 85.8 Å². The molecule has 0 unspecified atom stereocenters. The normalized spacial score (nSPS) is 17.8. The highest BCUT2D eigenvalue weighted by molar-refractivity contribution is 5.83. The van der Waals surface area contributed by atoms with Gasteiger partial charge in [0.25, 0.3) is 0 Å². The minimum atomic E-state index is -0.759. The number of ether oxygens (including phenoxy) is 4. The van der Waals surface area contributed by atoms with E-state index in [1.54, 1.807) is 55.3 Å². The summed E-state index contributed by atoms with van der Waals surface area (Å²) in [5.74, 6) is -0.384. The second-order valence-corrected chi connectivity index (χ2v) is 19.6. The topological polar surface area (TPSA) is 260 Å². The molecule has 2 aliphatic heterocycles. The molecule has 2 saturated heterocycles. The molecule has 8 heterocycles. The summed E-state index contributed by atoms with van der Waals surface area (Å²) in [6.07, 6.45) is 11.6. The zero-order chi connectivity index (χ0) is 53.0. The number of rotatable bonds is 10. The van der Waals surface area contributed by atoms with Crippen LogP contribution in [0.2, 0.25) is 0 Å². The molecule has 22 heteroatoms. The second-order valence-electron chi connectivity index (χ2n) is 19.6. The van der Waals surface area contributed by atoms with E-state index in [0.29, 0.717) is 54.3 Å². The van der Waals surface area contributed by atoms with Gasteiger partial charge in [0.2, 0.25) is 0 Å². The van der Waals surface area contributed by atoms with Gasteiger partial charge < -0.3 is 30.4 Å². The van der Waals surface area contributed by atoms with Crippen LogP contribution < -0.4 is 11.5 Å². The van der Waals surface area contributed by atoms with Crippen molar-refractivity contribution in [2.45, 2.75) is 89.2 Å². The van der Waals surface area contributed by atoms with Gasteiger partial charge in [0.1, 0.15) is 42.5 Å². The Morgan fingerprint density at radius 2 is 1.03 bits per heavy atom. The summed E-state index contributed by atoms with van der Waals surface area (Å²) in [7, 11) is 5.00. The number of aromatic nitrogens is 10. The average molecular weight is 1020 g/mol. The smallest absolute Gasteiger partial charge is 0.410 e. The molecule has 10 rings (SSSR count). The van der Waals surface area contributed by atoms with Crippen molar-refractivity contribution >= 4 is 47.1 Å². The number of carbonyl (C=O) groups excluding carboxylic acids is 4. The largest absolute Gasteiger partial charge is 0.467 e. The van der Waals surface area contributed by atoms with E-state index in [9.17, 15) is 19.2 Å². The van der Waals surface area contributed by atoms with Gasteiger partial charge in [-0.1, -0.05) is 60.7 Å². The van der Waals surface area contributed by atoms with Gasteiger partial charge in [-0.25, -0.2) is 29.1 Å². The first kappa shape index (κ1) is 51.1. The van der Waals surface area contributed by atoms with Gasteiger partial charge in [-0.2, -0.15) is 29.4 Å². The van der Waals surface area contributed by atoms with Crippen molar-refractivity contribution in [3.63, 3.8) is 0 Å². The summed E-state index contributed by atoms with van der Waals surface area (Å²) >= 11 is 0. The van der Waals surface area contributed by atoms with Crippen molar-refractivity contribution in [2.75, 3.05) is 31.7 Å². The number of nitrogen functional groups attached to an aromatic ring is 2. The first-order valence-corrected chi connectivity index (χ1v) is 24.5. The Labute approximate surface area is 432 Å². The third-order valence-electron chi connectivity index (χ3n) is 13.1. The fraction of sp³-hybridized carbons (Fsp3) is 0.358. The lowest BCUT2D eigenvalue weighted by Gasteiger charge is -2.38. The highest BCUT2D eigenvalue weighted by Gasteiger charge is 2.41. The van der Waals surface area contributed by atoms with E-state index in [-0.39, 0.29) is 38.1 Å². The van der Waals surface area contributed by atoms with E-state index in [0.717, 1.165) is 39.1 Å². The minimum absolute atomic E-state index is 0.101. The third-order valence-corrected chi connectivity index (χ3v) is 13.1. The van der Waals surface area contributed by atoms with Crippen LogP contribution in [-0.2, 0) is 55.8 Å². The maximum Gasteiger partial charge on any atom is 0.410 e. The monoisotopic (exact) mass is 1020 g/mol. The molecule has 2 aromatic carbocycles. The van der Waals surface area contributed by atoms with Crippen LogP contribution in [-0.4, -0.2) is 121 Å². The number of methoxy groups -OCH3 is 1. The van der Waals surface area contributed by atoms with Crippen LogP contribution in [0, 0.1) is 0 Å². The van der Waals surface area contributed by atoms with Crippen molar-refractivity contribution < 1.29 is 38.1 Å². The standard InChI is InChI=1S/C28H33N7O4.C25H27N7O4/c1-28(2,3)39-26(36)23-11-10-19(16-34(23)27(37)38-17-18-8-6-5-7-9-18)22-12-24(29)35-25(32-22)21(14-31-35)20-13-30-33(4)15-20;1-30-13-18(11-27-30)19-12-28-32-22(26)10-20(29-23(19)32)17-8-9-21(24(33)35-2)31(14-17)25(34)36-15-16-6-4-3-5-7-16/h5-9,12-15,19,23H,10-11,16-17,29H2,1-4H3;3-7,10-13,17,21H,8-9,14-15,26H2,1-2H3/t19-,23-;17-,21-/m00/s1. The number of piperidine rings is 2. The fourth-order valence-corrected chi connectivity index (χ4v) is 9.39. The van der Waals surface area contributed by atoms with E-state index in [4.69, 9.17) is 40.4 Å². The molecular weight excluding hydrogens is 961 g/mol. The summed E-state index contributed by atoms with van der Waals surface area (Å²) in [5.41, 5.74) is 19.7. The van der Waals surface area contributed by atoms with Gasteiger partial charge in [-0.05, 0) is 57.6 Å². The van der Waals surface area contributed by atoms with E-state index in [1.165, 1.54) is 16.9 Å². The summed E-state index contributed by atoms with van der Waals surface area (Å²) in [6, 6.07) is 20.9. The molecule has 6 aromatic heterocycles. The molecule has 0 radical (unpaired) electrons. The first-order chi connectivity index (χ1) is 36.0. The van der Waals surface area contributed by atoms with Crippen LogP contribution in [0.15, 0.2) is 110 Å². The van der Waals surface area contributed by atoms with E-state index >= 15 is 0 Å². The summed E-state index contributed by atoms with van der Waals surface area (Å²) in [5, 5.41) is 17.3. The Hall–Kier alpha value is -8.82. The highest BCUT2D eigenvalue weighted by Crippen LogP contribution is 2.36. The number of likely N-dealkylation sites (tertiary alicyclic amines) is 2. The lowest BCUT2D eigenvalue weighted by atomic mass is 9.90. The molecule has 22 nitrogen and oxygen atoms in total. The fourth-order valence-electron chi connectivity index (χ4n) is 9.39. The van der Waals surface area contributed by atoms with Gasteiger partial charge in [-0.3, -0.25) is 19.2 Å². The third kappa shape index (κ3) is 11.5. The number of nitrogens with zero attached hydrogens (tertiary/aromatic N) is 12. The maximum absolute atomic E-state index is 13.3. The molecule has 2 fully saturated rings. The lowest BCUT2D eigenvalue weighted by molar-refractivity contribution is -0.162. The summed E-state index contributed by atoms with van der Waals surface area (Å²) in [6.45, 7) is 6.11. The first-order valence-electron chi connectivity index (χ1n) is 24.5. The number of hydrogen-bond donors (Lipinski definition) is 2. The molecule has 4 atom stereocenters. The highest BCUT2D eigenvalue weighted by atomic mass is 16.6. The lowest BCUT2D eigenvalue weighted by Crippen LogP contribution is -2.52. The number of benzene rings is 2. The molecule has 0 bridgehead atoms. The number of hydrogen-bond acceptors (Lipinski definition) is 16. The Bertz CT molecular complexity index is 3330. The molecule has 390 valence electrons.